The summed E-state index contributed by atoms with van der Waals surface area (Å²) >= 11 is 6.20. The van der Waals surface area contributed by atoms with E-state index in [4.69, 9.17) is 16.3 Å². The highest BCUT2D eigenvalue weighted by atomic mass is 35.5. The third-order valence-corrected chi connectivity index (χ3v) is 5.25. The quantitative estimate of drug-likeness (QED) is 0.254. The van der Waals surface area contributed by atoms with Gasteiger partial charge in [0, 0.05) is 0 Å². The largest absolute Gasteiger partial charge is 0.421 e. The summed E-state index contributed by atoms with van der Waals surface area (Å²) in [4.78, 5) is 50.7. The molecule has 1 fully saturated rings. The zero-order valence-electron chi connectivity index (χ0n) is 17.7. The van der Waals surface area contributed by atoms with Crippen LogP contribution in [-0.4, -0.2) is 23.8 Å². The first kappa shape index (κ1) is 22.9. The second-order valence-electron chi connectivity index (χ2n) is 7.35. The van der Waals surface area contributed by atoms with Crippen LogP contribution < -0.4 is 15.0 Å². The number of imide groups is 2. The fourth-order valence-corrected chi connectivity index (χ4v) is 3.45. The second kappa shape index (κ2) is 9.29. The van der Waals surface area contributed by atoms with E-state index in [1.54, 1.807) is 24.3 Å². The molecule has 34 heavy (non-hydrogen) atoms. The lowest BCUT2D eigenvalue weighted by atomic mass is 10.1. The summed E-state index contributed by atoms with van der Waals surface area (Å²) in [5.41, 5.74) is 1.04. The van der Waals surface area contributed by atoms with Crippen LogP contribution in [-0.2, 0) is 9.59 Å². The van der Waals surface area contributed by atoms with Crippen molar-refractivity contribution in [2.75, 3.05) is 4.90 Å². The van der Waals surface area contributed by atoms with Gasteiger partial charge in [-0.3, -0.25) is 14.9 Å². The van der Waals surface area contributed by atoms with Gasteiger partial charge in [-0.25, -0.2) is 18.9 Å². The van der Waals surface area contributed by atoms with Gasteiger partial charge in [0.15, 0.2) is 0 Å². The number of rotatable bonds is 4. The number of benzene rings is 3. The molecular weight excluding hydrogens is 463 g/mol. The Bertz CT molecular complexity index is 1370. The number of hydrogen-bond donors (Lipinski definition) is 1. The van der Waals surface area contributed by atoms with E-state index in [1.807, 2.05) is 6.92 Å². The van der Waals surface area contributed by atoms with E-state index in [0.717, 1.165) is 16.5 Å². The Hall–Kier alpha value is -4.30. The van der Waals surface area contributed by atoms with Crippen LogP contribution in [0.1, 0.15) is 21.5 Å². The highest BCUT2D eigenvalue weighted by molar-refractivity contribution is 6.39. The molecule has 1 heterocycles. The van der Waals surface area contributed by atoms with Gasteiger partial charge in [-0.05, 0) is 55.0 Å². The van der Waals surface area contributed by atoms with E-state index in [1.165, 1.54) is 42.5 Å². The van der Waals surface area contributed by atoms with Crippen LogP contribution in [0, 0.1) is 12.7 Å². The van der Waals surface area contributed by atoms with Crippen LogP contribution in [0.4, 0.5) is 14.9 Å². The molecule has 0 aliphatic carbocycles. The molecule has 3 aromatic rings. The van der Waals surface area contributed by atoms with Gasteiger partial charge in [-0.15, -0.1) is 0 Å². The van der Waals surface area contributed by atoms with Crippen LogP contribution in [0.25, 0.3) is 6.08 Å². The highest BCUT2D eigenvalue weighted by Crippen LogP contribution is 2.29. The fraction of sp³-hybridized carbons (Fsp3) is 0.0400. The van der Waals surface area contributed by atoms with Gasteiger partial charge in [0.25, 0.3) is 11.8 Å². The number of carbonyl (C=O) groups is 4. The van der Waals surface area contributed by atoms with Crippen LogP contribution in [0.15, 0.2) is 72.3 Å². The maximum atomic E-state index is 13.8. The summed E-state index contributed by atoms with van der Waals surface area (Å²) in [5, 5.41) is 2.13. The van der Waals surface area contributed by atoms with Crippen molar-refractivity contribution in [2.45, 2.75) is 6.92 Å². The number of urea groups is 1. The SMILES string of the molecule is Cc1ccc(N2C(=O)NC(=O)/C(=C\c3ccc(OC(=O)c4ccccc4F)c(Cl)c3)C2=O)cc1. The number of hydrogen-bond acceptors (Lipinski definition) is 5. The van der Waals surface area contributed by atoms with Gasteiger partial charge in [-0.2, -0.15) is 0 Å². The first-order chi connectivity index (χ1) is 16.2. The molecule has 0 spiro atoms. The van der Waals surface area contributed by atoms with Crippen LogP contribution >= 0.6 is 11.6 Å². The number of halogens is 2. The molecule has 0 bridgehead atoms. The number of nitrogens with one attached hydrogen (secondary N) is 1. The smallest absolute Gasteiger partial charge is 0.346 e. The molecule has 1 aliphatic heterocycles. The summed E-state index contributed by atoms with van der Waals surface area (Å²) in [6.45, 7) is 1.86. The summed E-state index contributed by atoms with van der Waals surface area (Å²) in [6.07, 6.45) is 1.26. The zero-order valence-corrected chi connectivity index (χ0v) is 18.4. The summed E-state index contributed by atoms with van der Waals surface area (Å²) in [6, 6.07) is 15.3. The molecule has 0 atom stereocenters. The first-order valence-electron chi connectivity index (χ1n) is 9.99. The Morgan fingerprint density at radius 3 is 2.41 bits per heavy atom. The third kappa shape index (κ3) is 4.57. The van der Waals surface area contributed by atoms with Gasteiger partial charge in [0.2, 0.25) is 0 Å². The molecule has 1 saturated heterocycles. The minimum Gasteiger partial charge on any atom is -0.421 e. The summed E-state index contributed by atoms with van der Waals surface area (Å²) < 4.78 is 19.0. The molecule has 4 rings (SSSR count). The van der Waals surface area contributed by atoms with E-state index < -0.39 is 29.6 Å². The Labute approximate surface area is 198 Å². The van der Waals surface area contributed by atoms with Crippen LogP contribution in [0.2, 0.25) is 5.02 Å². The number of nitrogens with zero attached hydrogens (tertiary/aromatic N) is 1. The lowest BCUT2D eigenvalue weighted by Crippen LogP contribution is -2.54. The number of carbonyl (C=O) groups excluding carboxylic acids is 4. The standard InChI is InChI=1S/C25H16ClFN2O5/c1-14-6-9-16(10-7-14)29-23(31)18(22(30)28-25(29)33)12-15-8-11-21(19(26)13-15)34-24(32)17-4-2-3-5-20(17)27/h2-13H,1H3,(H,28,30,33)/b18-12+. The number of ether oxygens (including phenoxy) is 1. The zero-order chi connectivity index (χ0) is 24.4. The van der Waals surface area contributed by atoms with Crippen molar-refractivity contribution in [3.8, 4) is 5.75 Å². The molecule has 0 saturated carbocycles. The predicted molar refractivity (Wildman–Crippen MR) is 123 cm³/mol. The Morgan fingerprint density at radius 1 is 1.03 bits per heavy atom. The van der Waals surface area contributed by atoms with Gasteiger partial charge in [-0.1, -0.05) is 47.5 Å². The number of esters is 1. The van der Waals surface area contributed by atoms with E-state index in [9.17, 15) is 23.6 Å². The molecule has 7 nitrogen and oxygen atoms in total. The van der Waals surface area contributed by atoms with Gasteiger partial charge >= 0.3 is 12.0 Å². The maximum absolute atomic E-state index is 13.8. The Kier molecular flexibility index (Phi) is 6.25. The van der Waals surface area contributed by atoms with Gasteiger partial charge < -0.3 is 4.74 Å². The van der Waals surface area contributed by atoms with Crippen molar-refractivity contribution in [3.63, 3.8) is 0 Å². The minimum absolute atomic E-state index is 0.00540. The molecule has 4 amide bonds. The number of barbiturate groups is 1. The number of amides is 4. The van der Waals surface area contributed by atoms with Crippen LogP contribution in [0.5, 0.6) is 5.75 Å². The average Bonchev–Trinajstić information content (AvgIpc) is 2.79. The normalized spacial score (nSPS) is 14.9. The lowest BCUT2D eigenvalue weighted by Gasteiger charge is -2.26. The Balaban J connectivity index is 1.59. The minimum atomic E-state index is -0.930. The molecule has 170 valence electrons. The average molecular weight is 479 g/mol. The van der Waals surface area contributed by atoms with Crippen molar-refractivity contribution in [2.24, 2.45) is 0 Å². The summed E-state index contributed by atoms with van der Waals surface area (Å²) in [5.74, 6) is -3.36. The monoisotopic (exact) mass is 478 g/mol. The van der Waals surface area contributed by atoms with E-state index in [0.29, 0.717) is 11.3 Å². The Morgan fingerprint density at radius 2 is 1.74 bits per heavy atom. The molecule has 0 aromatic heterocycles. The number of aryl methyl sites for hydroxylation is 1. The first-order valence-corrected chi connectivity index (χ1v) is 10.4. The molecule has 0 radical (unpaired) electrons. The maximum Gasteiger partial charge on any atom is 0.346 e. The van der Waals surface area contributed by atoms with E-state index >= 15 is 0 Å². The van der Waals surface area contributed by atoms with Crippen LogP contribution in [0.3, 0.4) is 0 Å². The van der Waals surface area contributed by atoms with Gasteiger partial charge in [0.05, 0.1) is 16.3 Å². The molecule has 9 heteroatoms. The molecule has 3 aromatic carbocycles. The van der Waals surface area contributed by atoms with E-state index in [2.05, 4.69) is 5.32 Å². The van der Waals surface area contributed by atoms with Crippen molar-refractivity contribution in [1.82, 2.24) is 5.32 Å². The molecule has 0 unspecified atom stereocenters. The van der Waals surface area contributed by atoms with E-state index in [-0.39, 0.29) is 21.9 Å². The van der Waals surface area contributed by atoms with Crippen molar-refractivity contribution >= 4 is 47.2 Å². The second-order valence-corrected chi connectivity index (χ2v) is 7.76. The third-order valence-electron chi connectivity index (χ3n) is 4.96. The van der Waals surface area contributed by atoms with Crippen molar-refractivity contribution < 1.29 is 28.3 Å². The van der Waals surface area contributed by atoms with Crippen molar-refractivity contribution in [3.05, 3.63) is 99.8 Å². The molecular formula is C25H16ClFN2O5. The lowest BCUT2D eigenvalue weighted by molar-refractivity contribution is -0.122. The summed E-state index contributed by atoms with van der Waals surface area (Å²) in [7, 11) is 0. The van der Waals surface area contributed by atoms with Gasteiger partial charge in [0.1, 0.15) is 17.1 Å². The molecule has 1 aliphatic rings. The topological polar surface area (TPSA) is 92.8 Å². The fourth-order valence-electron chi connectivity index (χ4n) is 3.22. The molecule has 1 N–H and O–H groups in total. The predicted octanol–water partition coefficient (Wildman–Crippen LogP) is 4.67. The van der Waals surface area contributed by atoms with Crippen molar-refractivity contribution in [1.29, 1.82) is 0 Å². The highest BCUT2D eigenvalue weighted by Gasteiger charge is 2.36. The number of anilines is 1.